The van der Waals surface area contributed by atoms with Crippen LogP contribution in [0.25, 0.3) is 0 Å². The Morgan fingerprint density at radius 1 is 1.47 bits per heavy atom. The molecule has 1 saturated carbocycles. The minimum atomic E-state index is -0.647. The van der Waals surface area contributed by atoms with Gasteiger partial charge in [-0.05, 0) is 30.6 Å². The van der Waals surface area contributed by atoms with Crippen molar-refractivity contribution in [3.05, 3.63) is 0 Å². The van der Waals surface area contributed by atoms with Crippen molar-refractivity contribution < 1.29 is 9.90 Å². The van der Waals surface area contributed by atoms with Gasteiger partial charge in [0.15, 0.2) is 0 Å². The molecule has 0 bridgehead atoms. The second-order valence-corrected chi connectivity index (χ2v) is 5.98. The Morgan fingerprint density at radius 3 is 2.60 bits per heavy atom. The summed E-state index contributed by atoms with van der Waals surface area (Å²) < 4.78 is 0. The number of hydrogen-bond donors (Lipinski definition) is 1. The molecule has 2 aliphatic rings. The maximum absolute atomic E-state index is 10.5. The van der Waals surface area contributed by atoms with Gasteiger partial charge in [-0.1, -0.05) is 13.8 Å². The van der Waals surface area contributed by atoms with E-state index in [9.17, 15) is 4.79 Å². The van der Waals surface area contributed by atoms with Gasteiger partial charge in [-0.2, -0.15) is 0 Å². The van der Waals surface area contributed by atoms with Gasteiger partial charge in [0, 0.05) is 19.1 Å². The maximum Gasteiger partial charge on any atom is 0.303 e. The first-order valence-electron chi connectivity index (χ1n) is 5.92. The number of carbonyl (C=O) groups is 1. The van der Waals surface area contributed by atoms with Gasteiger partial charge < -0.3 is 5.11 Å². The average molecular weight is 211 g/mol. The fourth-order valence-corrected chi connectivity index (χ4v) is 3.00. The van der Waals surface area contributed by atoms with Gasteiger partial charge in [-0.25, -0.2) is 0 Å². The highest BCUT2D eigenvalue weighted by atomic mass is 16.4. The van der Waals surface area contributed by atoms with Gasteiger partial charge in [0.1, 0.15) is 0 Å². The lowest BCUT2D eigenvalue weighted by atomic mass is 9.90. The summed E-state index contributed by atoms with van der Waals surface area (Å²) in [6, 6.07) is 0.727. The molecule has 1 atom stereocenters. The van der Waals surface area contributed by atoms with Crippen molar-refractivity contribution in [2.24, 2.45) is 11.3 Å². The molecule has 0 spiro atoms. The van der Waals surface area contributed by atoms with Crippen LogP contribution in [0.4, 0.5) is 0 Å². The molecule has 0 aromatic rings. The Morgan fingerprint density at radius 2 is 2.13 bits per heavy atom. The molecular weight excluding hydrogens is 190 g/mol. The van der Waals surface area contributed by atoms with Crippen molar-refractivity contribution in [2.45, 2.75) is 45.6 Å². The van der Waals surface area contributed by atoms with E-state index in [4.69, 9.17) is 5.11 Å². The number of carboxylic acid groups (broad SMARTS) is 1. The Kier molecular flexibility index (Phi) is 2.75. The van der Waals surface area contributed by atoms with Crippen LogP contribution < -0.4 is 0 Å². The standard InChI is InChI=1S/C12H21NO2/c1-12(2)4-3-10(6-12)13-7-9(8-13)5-11(14)15/h9-10H,3-8H2,1-2H3,(H,14,15). The summed E-state index contributed by atoms with van der Waals surface area (Å²) in [5.41, 5.74) is 0.503. The van der Waals surface area contributed by atoms with E-state index in [0.717, 1.165) is 19.1 Å². The van der Waals surface area contributed by atoms with Crippen LogP contribution in [0.5, 0.6) is 0 Å². The minimum absolute atomic E-state index is 0.354. The molecule has 1 aliphatic carbocycles. The molecule has 86 valence electrons. The SMILES string of the molecule is CC1(C)CCC(N2CC(CC(=O)O)C2)C1. The summed E-state index contributed by atoms with van der Waals surface area (Å²) in [7, 11) is 0. The zero-order valence-electron chi connectivity index (χ0n) is 9.70. The number of nitrogens with zero attached hydrogens (tertiary/aromatic N) is 1. The van der Waals surface area contributed by atoms with E-state index >= 15 is 0 Å². The number of hydrogen-bond acceptors (Lipinski definition) is 2. The van der Waals surface area contributed by atoms with Gasteiger partial charge in [0.2, 0.25) is 0 Å². The van der Waals surface area contributed by atoms with E-state index in [1.165, 1.54) is 19.3 Å². The van der Waals surface area contributed by atoms with E-state index in [-0.39, 0.29) is 0 Å². The van der Waals surface area contributed by atoms with Crippen molar-refractivity contribution in [3.8, 4) is 0 Å². The predicted octanol–water partition coefficient (Wildman–Crippen LogP) is 1.97. The first kappa shape index (κ1) is 10.9. The van der Waals surface area contributed by atoms with E-state index < -0.39 is 5.97 Å². The minimum Gasteiger partial charge on any atom is -0.481 e. The molecule has 1 heterocycles. The third-order valence-corrected chi connectivity index (χ3v) is 3.91. The number of carboxylic acids is 1. The molecule has 0 amide bonds. The van der Waals surface area contributed by atoms with Crippen LogP contribution in [0.1, 0.15) is 39.5 Å². The van der Waals surface area contributed by atoms with Gasteiger partial charge in [-0.3, -0.25) is 9.69 Å². The van der Waals surface area contributed by atoms with Crippen LogP contribution in [0.15, 0.2) is 0 Å². The molecule has 0 aromatic carbocycles. The van der Waals surface area contributed by atoms with Gasteiger partial charge in [0.25, 0.3) is 0 Å². The van der Waals surface area contributed by atoms with Crippen LogP contribution >= 0.6 is 0 Å². The highest BCUT2D eigenvalue weighted by molar-refractivity contribution is 5.67. The van der Waals surface area contributed by atoms with E-state index in [1.54, 1.807) is 0 Å². The molecule has 0 aromatic heterocycles. The lowest BCUT2D eigenvalue weighted by Crippen LogP contribution is -2.52. The van der Waals surface area contributed by atoms with E-state index in [1.807, 2.05) is 0 Å². The molecule has 3 heteroatoms. The Labute approximate surface area is 91.5 Å². The Hall–Kier alpha value is -0.570. The number of rotatable bonds is 3. The third-order valence-electron chi connectivity index (χ3n) is 3.91. The lowest BCUT2D eigenvalue weighted by Gasteiger charge is -2.43. The Balaban J connectivity index is 1.74. The molecule has 15 heavy (non-hydrogen) atoms. The highest BCUT2D eigenvalue weighted by Crippen LogP contribution is 2.41. The summed E-state index contributed by atoms with van der Waals surface area (Å²) in [6.45, 7) is 6.68. The quantitative estimate of drug-likeness (QED) is 0.776. The molecule has 2 fully saturated rings. The fraction of sp³-hybridized carbons (Fsp3) is 0.917. The normalized spacial score (nSPS) is 31.5. The largest absolute Gasteiger partial charge is 0.481 e. The zero-order chi connectivity index (χ0) is 11.1. The molecule has 0 radical (unpaired) electrons. The van der Waals surface area contributed by atoms with Crippen molar-refractivity contribution in [1.29, 1.82) is 0 Å². The van der Waals surface area contributed by atoms with Crippen molar-refractivity contribution in [1.82, 2.24) is 4.90 Å². The number of aliphatic carboxylic acids is 1. The smallest absolute Gasteiger partial charge is 0.303 e. The monoisotopic (exact) mass is 211 g/mol. The van der Waals surface area contributed by atoms with Crippen LogP contribution in [0, 0.1) is 11.3 Å². The molecule has 1 unspecified atom stereocenters. The summed E-state index contributed by atoms with van der Waals surface area (Å²) in [5, 5.41) is 8.67. The fourth-order valence-electron chi connectivity index (χ4n) is 3.00. The first-order valence-corrected chi connectivity index (χ1v) is 5.92. The summed E-state index contributed by atoms with van der Waals surface area (Å²) in [4.78, 5) is 13.0. The predicted molar refractivity (Wildman–Crippen MR) is 58.7 cm³/mol. The average Bonchev–Trinajstić information content (AvgIpc) is 2.37. The second kappa shape index (κ2) is 3.78. The lowest BCUT2D eigenvalue weighted by molar-refractivity contribution is -0.139. The summed E-state index contributed by atoms with van der Waals surface area (Å²) in [5.74, 6) is -0.238. The van der Waals surface area contributed by atoms with Crippen LogP contribution in [-0.2, 0) is 4.79 Å². The van der Waals surface area contributed by atoms with Gasteiger partial charge in [0.05, 0.1) is 6.42 Å². The highest BCUT2D eigenvalue weighted by Gasteiger charge is 2.39. The van der Waals surface area contributed by atoms with Crippen LogP contribution in [0.3, 0.4) is 0 Å². The summed E-state index contributed by atoms with van der Waals surface area (Å²) >= 11 is 0. The molecule has 1 N–H and O–H groups in total. The molecule has 1 aliphatic heterocycles. The second-order valence-electron chi connectivity index (χ2n) is 5.98. The Bertz CT molecular complexity index is 256. The summed E-state index contributed by atoms with van der Waals surface area (Å²) in [6.07, 6.45) is 4.25. The first-order chi connectivity index (χ1) is 6.96. The van der Waals surface area contributed by atoms with Crippen molar-refractivity contribution in [3.63, 3.8) is 0 Å². The third kappa shape index (κ3) is 2.51. The van der Waals surface area contributed by atoms with Crippen molar-refractivity contribution in [2.75, 3.05) is 13.1 Å². The van der Waals surface area contributed by atoms with Gasteiger partial charge in [-0.15, -0.1) is 0 Å². The molecule has 3 nitrogen and oxygen atoms in total. The van der Waals surface area contributed by atoms with E-state index in [0.29, 0.717) is 17.8 Å². The molecule has 1 saturated heterocycles. The number of likely N-dealkylation sites (tertiary alicyclic amines) is 1. The molecule has 2 rings (SSSR count). The maximum atomic E-state index is 10.5. The van der Waals surface area contributed by atoms with Crippen LogP contribution in [0.2, 0.25) is 0 Å². The van der Waals surface area contributed by atoms with Crippen LogP contribution in [-0.4, -0.2) is 35.1 Å². The topological polar surface area (TPSA) is 40.5 Å². The van der Waals surface area contributed by atoms with Crippen molar-refractivity contribution >= 4 is 5.97 Å². The van der Waals surface area contributed by atoms with Gasteiger partial charge >= 0.3 is 5.97 Å². The molecular formula is C12H21NO2. The van der Waals surface area contributed by atoms with E-state index in [2.05, 4.69) is 18.7 Å². The zero-order valence-corrected chi connectivity index (χ0v) is 9.70.